The van der Waals surface area contributed by atoms with Gasteiger partial charge in [-0.15, -0.1) is 0 Å². The summed E-state index contributed by atoms with van der Waals surface area (Å²) in [6.07, 6.45) is 1.91. The third-order valence-electron chi connectivity index (χ3n) is 12.1. The molecule has 0 aliphatic heterocycles. The molecule has 0 amide bonds. The van der Waals surface area contributed by atoms with E-state index in [1.165, 1.54) is 65.7 Å². The van der Waals surface area contributed by atoms with Crippen LogP contribution in [0.4, 0.5) is 0 Å². The standard InChI is InChI=1S/C57H37N3/c1-3-14-38(15-4-1)44-33-45(40-17-13-18-43(32-40)57-48-21-8-7-16-39(48)30-31-58-57)35-47(34-44)60-54-25-12-10-23-50(54)52-29-27-42(37-56(52)60)41-26-28-51-49-22-9-11-24-53(49)59(55(51)36-41)46-19-5-2-6-20-46/h1-37H. The fourth-order valence-corrected chi connectivity index (χ4v) is 9.33. The molecule has 0 N–H and O–H groups in total. The van der Waals surface area contributed by atoms with Crippen molar-refractivity contribution in [2.45, 2.75) is 0 Å². The highest BCUT2D eigenvalue weighted by atomic mass is 15.0. The van der Waals surface area contributed by atoms with Crippen molar-refractivity contribution in [1.82, 2.24) is 14.1 Å². The number of aromatic nitrogens is 3. The van der Waals surface area contributed by atoms with Gasteiger partial charge in [0.05, 0.1) is 27.8 Å². The first-order chi connectivity index (χ1) is 29.7. The van der Waals surface area contributed by atoms with E-state index < -0.39 is 0 Å². The number of fused-ring (bicyclic) bond motifs is 7. The molecule has 3 heteroatoms. The van der Waals surface area contributed by atoms with Gasteiger partial charge in [-0.3, -0.25) is 4.98 Å². The van der Waals surface area contributed by atoms with Gasteiger partial charge >= 0.3 is 0 Å². The third kappa shape index (κ3) is 5.55. The molecule has 0 saturated carbocycles. The van der Waals surface area contributed by atoms with Crippen LogP contribution in [0.25, 0.3) is 110 Å². The number of pyridine rings is 1. The molecule has 0 fully saturated rings. The Morgan fingerprint density at radius 2 is 0.750 bits per heavy atom. The summed E-state index contributed by atoms with van der Waals surface area (Å²) in [6, 6.07) is 79.3. The van der Waals surface area contributed by atoms with Gasteiger partial charge in [0, 0.05) is 50.1 Å². The Morgan fingerprint density at radius 1 is 0.267 bits per heavy atom. The molecule has 60 heavy (non-hydrogen) atoms. The van der Waals surface area contributed by atoms with Gasteiger partial charge < -0.3 is 9.13 Å². The van der Waals surface area contributed by atoms with Crippen molar-refractivity contribution in [2.75, 3.05) is 0 Å². The maximum absolute atomic E-state index is 4.88. The van der Waals surface area contributed by atoms with E-state index in [4.69, 9.17) is 4.98 Å². The average molecular weight is 764 g/mol. The zero-order chi connectivity index (χ0) is 39.6. The van der Waals surface area contributed by atoms with Gasteiger partial charge in [-0.05, 0) is 105 Å². The maximum Gasteiger partial charge on any atom is 0.0780 e. The largest absolute Gasteiger partial charge is 0.309 e. The summed E-state index contributed by atoms with van der Waals surface area (Å²) < 4.78 is 4.85. The molecule has 0 radical (unpaired) electrons. The lowest BCUT2D eigenvalue weighted by molar-refractivity contribution is 1.18. The molecule has 0 unspecified atom stereocenters. The summed E-state index contributed by atoms with van der Waals surface area (Å²) >= 11 is 0. The van der Waals surface area contributed by atoms with Gasteiger partial charge in [0.2, 0.25) is 0 Å². The van der Waals surface area contributed by atoms with Crippen molar-refractivity contribution in [1.29, 1.82) is 0 Å². The van der Waals surface area contributed by atoms with Crippen LogP contribution in [0.1, 0.15) is 0 Å². The number of benzene rings is 9. The second kappa shape index (κ2) is 13.8. The number of hydrogen-bond donors (Lipinski definition) is 0. The lowest BCUT2D eigenvalue weighted by Gasteiger charge is -2.15. The predicted molar refractivity (Wildman–Crippen MR) is 252 cm³/mol. The fourth-order valence-electron chi connectivity index (χ4n) is 9.33. The summed E-state index contributed by atoms with van der Waals surface area (Å²) in [4.78, 5) is 4.88. The second-order valence-electron chi connectivity index (χ2n) is 15.6. The molecule has 3 heterocycles. The van der Waals surface area contributed by atoms with E-state index in [0.29, 0.717) is 0 Å². The lowest BCUT2D eigenvalue weighted by atomic mass is 9.95. The molecule has 280 valence electrons. The molecular formula is C57H37N3. The van der Waals surface area contributed by atoms with E-state index in [2.05, 4.69) is 228 Å². The average Bonchev–Trinajstić information content (AvgIpc) is 3.84. The zero-order valence-corrected chi connectivity index (χ0v) is 32.7. The van der Waals surface area contributed by atoms with Gasteiger partial charge in [0.15, 0.2) is 0 Å². The number of hydrogen-bond acceptors (Lipinski definition) is 1. The van der Waals surface area contributed by atoms with Crippen LogP contribution in [-0.4, -0.2) is 14.1 Å². The van der Waals surface area contributed by atoms with Crippen LogP contribution in [0.15, 0.2) is 225 Å². The normalized spacial score (nSPS) is 11.7. The lowest BCUT2D eigenvalue weighted by Crippen LogP contribution is -1.96. The molecule has 3 aromatic heterocycles. The first kappa shape index (κ1) is 34.1. The summed E-state index contributed by atoms with van der Waals surface area (Å²) in [5.74, 6) is 0. The quantitative estimate of drug-likeness (QED) is 0.165. The van der Waals surface area contributed by atoms with Gasteiger partial charge in [-0.25, -0.2) is 0 Å². The second-order valence-corrected chi connectivity index (χ2v) is 15.6. The van der Waals surface area contributed by atoms with Crippen molar-refractivity contribution in [3.05, 3.63) is 225 Å². The van der Waals surface area contributed by atoms with Crippen LogP contribution in [0.2, 0.25) is 0 Å². The van der Waals surface area contributed by atoms with E-state index >= 15 is 0 Å². The van der Waals surface area contributed by atoms with E-state index in [-0.39, 0.29) is 0 Å². The van der Waals surface area contributed by atoms with E-state index in [1.54, 1.807) is 0 Å². The minimum Gasteiger partial charge on any atom is -0.309 e. The summed E-state index contributed by atoms with van der Waals surface area (Å²) in [7, 11) is 0. The van der Waals surface area contributed by atoms with Crippen LogP contribution >= 0.6 is 0 Å². The van der Waals surface area contributed by atoms with Crippen molar-refractivity contribution in [3.8, 4) is 56.0 Å². The van der Waals surface area contributed by atoms with E-state index in [1.807, 2.05) is 6.20 Å². The fraction of sp³-hybridized carbons (Fsp3) is 0. The highest BCUT2D eigenvalue weighted by Crippen LogP contribution is 2.40. The smallest absolute Gasteiger partial charge is 0.0780 e. The third-order valence-corrected chi connectivity index (χ3v) is 12.1. The topological polar surface area (TPSA) is 22.8 Å². The number of para-hydroxylation sites is 3. The molecule has 0 aliphatic rings. The van der Waals surface area contributed by atoms with Crippen LogP contribution in [0.3, 0.4) is 0 Å². The Kier molecular flexibility index (Phi) is 7.85. The van der Waals surface area contributed by atoms with Gasteiger partial charge in [0.1, 0.15) is 0 Å². The number of nitrogens with zero attached hydrogens (tertiary/aromatic N) is 3. The summed E-state index contributed by atoms with van der Waals surface area (Å²) in [6.45, 7) is 0. The Morgan fingerprint density at radius 3 is 1.43 bits per heavy atom. The molecule has 0 bridgehead atoms. The summed E-state index contributed by atoms with van der Waals surface area (Å²) in [5.41, 5.74) is 16.1. The molecule has 12 aromatic rings. The van der Waals surface area contributed by atoms with E-state index in [0.717, 1.165) is 44.7 Å². The van der Waals surface area contributed by atoms with Crippen LogP contribution in [0, 0.1) is 0 Å². The van der Waals surface area contributed by atoms with Crippen LogP contribution in [0.5, 0.6) is 0 Å². The monoisotopic (exact) mass is 763 g/mol. The highest BCUT2D eigenvalue weighted by molar-refractivity contribution is 6.12. The molecule has 0 aliphatic carbocycles. The molecule has 3 nitrogen and oxygen atoms in total. The predicted octanol–water partition coefficient (Wildman–Crippen LogP) is 15.1. The Labute approximate surface area is 347 Å². The van der Waals surface area contributed by atoms with Gasteiger partial charge in [-0.1, -0.05) is 152 Å². The van der Waals surface area contributed by atoms with Crippen molar-refractivity contribution < 1.29 is 0 Å². The Balaban J connectivity index is 1.07. The first-order valence-electron chi connectivity index (χ1n) is 20.5. The number of rotatable bonds is 6. The highest BCUT2D eigenvalue weighted by Gasteiger charge is 2.18. The molecule has 0 saturated heterocycles. The molecule has 9 aromatic carbocycles. The zero-order valence-electron chi connectivity index (χ0n) is 32.7. The van der Waals surface area contributed by atoms with Gasteiger partial charge in [0.25, 0.3) is 0 Å². The van der Waals surface area contributed by atoms with Crippen molar-refractivity contribution in [2.24, 2.45) is 0 Å². The van der Waals surface area contributed by atoms with Crippen molar-refractivity contribution in [3.63, 3.8) is 0 Å². The Bertz CT molecular complexity index is 3590. The SMILES string of the molecule is c1ccc(-c2cc(-c3cccc(-c4nccc5ccccc45)c3)cc(-n3c4ccccc4c4ccc(-c5ccc6c7ccccc7n(-c7ccccc7)c6c5)cc43)c2)cc1. The van der Waals surface area contributed by atoms with Crippen LogP contribution in [-0.2, 0) is 0 Å². The maximum atomic E-state index is 4.88. The molecular weight excluding hydrogens is 727 g/mol. The molecule has 0 spiro atoms. The van der Waals surface area contributed by atoms with E-state index in [9.17, 15) is 0 Å². The minimum absolute atomic E-state index is 0.992. The molecule has 0 atom stereocenters. The minimum atomic E-state index is 0.992. The summed E-state index contributed by atoms with van der Waals surface area (Å²) in [5, 5.41) is 7.30. The van der Waals surface area contributed by atoms with Gasteiger partial charge in [-0.2, -0.15) is 0 Å². The first-order valence-corrected chi connectivity index (χ1v) is 20.5. The van der Waals surface area contributed by atoms with Crippen molar-refractivity contribution >= 4 is 54.4 Å². The van der Waals surface area contributed by atoms with Crippen LogP contribution < -0.4 is 0 Å². The Hall–Kier alpha value is -8.01. The molecule has 12 rings (SSSR count).